The molecule has 1 aliphatic rings. The van der Waals surface area contributed by atoms with Crippen LogP contribution in [0.4, 0.5) is 0 Å². The van der Waals surface area contributed by atoms with E-state index < -0.39 is 7.12 Å². The van der Waals surface area contributed by atoms with Gasteiger partial charge in [-0.05, 0) is 25.0 Å². The Labute approximate surface area is 106 Å². The van der Waals surface area contributed by atoms with Crippen LogP contribution in [0.3, 0.4) is 0 Å². The fourth-order valence-electron chi connectivity index (χ4n) is 2.05. The standard InChI is InChI=1S/C14H13BO3/c1-4-6-12-10(5-2)13-9(3)7-8-11(15(16)17)14(13)18-12/h2,4,6,8,16-17H,3,7H2,1H3/b6-4-. The summed E-state index contributed by atoms with van der Waals surface area (Å²) in [6, 6.07) is 0. The first-order chi connectivity index (χ1) is 8.60. The summed E-state index contributed by atoms with van der Waals surface area (Å²) in [4.78, 5) is 0. The van der Waals surface area contributed by atoms with Gasteiger partial charge in [-0.1, -0.05) is 24.7 Å². The number of hydrogen-bond donors (Lipinski definition) is 2. The van der Waals surface area contributed by atoms with Crippen molar-refractivity contribution in [3.05, 3.63) is 41.4 Å². The molecule has 0 spiro atoms. The van der Waals surface area contributed by atoms with Gasteiger partial charge in [-0.2, -0.15) is 0 Å². The van der Waals surface area contributed by atoms with Crippen LogP contribution >= 0.6 is 0 Å². The second kappa shape index (κ2) is 4.73. The van der Waals surface area contributed by atoms with Crippen molar-refractivity contribution in [3.63, 3.8) is 0 Å². The third kappa shape index (κ3) is 1.84. The Morgan fingerprint density at radius 2 is 2.28 bits per heavy atom. The van der Waals surface area contributed by atoms with Crippen molar-refractivity contribution in [3.8, 4) is 12.3 Å². The van der Waals surface area contributed by atoms with Gasteiger partial charge < -0.3 is 14.5 Å². The largest absolute Gasteiger partial charge is 0.491 e. The van der Waals surface area contributed by atoms with Crippen LogP contribution in [-0.4, -0.2) is 17.2 Å². The van der Waals surface area contributed by atoms with Gasteiger partial charge in [0.25, 0.3) is 0 Å². The molecule has 0 aliphatic heterocycles. The molecule has 0 saturated carbocycles. The number of rotatable bonds is 2. The molecule has 1 heterocycles. The normalized spacial score (nSPS) is 14.3. The Kier molecular flexibility index (Phi) is 3.29. The van der Waals surface area contributed by atoms with Crippen LogP contribution in [0.25, 0.3) is 17.1 Å². The highest BCUT2D eigenvalue weighted by molar-refractivity contribution is 6.66. The Morgan fingerprint density at radius 3 is 2.83 bits per heavy atom. The molecule has 90 valence electrons. The molecule has 0 bridgehead atoms. The van der Waals surface area contributed by atoms with E-state index in [4.69, 9.17) is 10.8 Å². The first-order valence-corrected chi connectivity index (χ1v) is 5.61. The summed E-state index contributed by atoms with van der Waals surface area (Å²) < 4.78 is 5.63. The summed E-state index contributed by atoms with van der Waals surface area (Å²) in [5, 5.41) is 18.7. The lowest BCUT2D eigenvalue weighted by molar-refractivity contribution is 0.424. The Morgan fingerprint density at radius 1 is 1.56 bits per heavy atom. The summed E-state index contributed by atoms with van der Waals surface area (Å²) in [5.41, 5.74) is 2.47. The Balaban J connectivity index is 2.71. The highest BCUT2D eigenvalue weighted by atomic mass is 16.4. The van der Waals surface area contributed by atoms with Crippen LogP contribution in [0.5, 0.6) is 0 Å². The summed E-state index contributed by atoms with van der Waals surface area (Å²) in [5.74, 6) is 3.53. The van der Waals surface area contributed by atoms with Gasteiger partial charge >= 0.3 is 7.12 Å². The topological polar surface area (TPSA) is 53.6 Å². The van der Waals surface area contributed by atoms with Gasteiger partial charge in [0.1, 0.15) is 11.5 Å². The van der Waals surface area contributed by atoms with E-state index in [9.17, 15) is 10.0 Å². The Hall–Kier alpha value is -1.96. The molecule has 1 aliphatic carbocycles. The molecule has 0 aromatic carbocycles. The first kappa shape index (κ1) is 12.5. The van der Waals surface area contributed by atoms with Crippen LogP contribution in [0, 0.1) is 12.3 Å². The zero-order valence-corrected chi connectivity index (χ0v) is 10.1. The fraction of sp³-hybridized carbons (Fsp3) is 0.143. The Bertz CT molecular complexity index is 597. The fourth-order valence-corrected chi connectivity index (χ4v) is 2.05. The summed E-state index contributed by atoms with van der Waals surface area (Å²) >= 11 is 0. The predicted octanol–water partition coefficient (Wildman–Crippen LogP) is 2.11. The molecule has 3 nitrogen and oxygen atoms in total. The van der Waals surface area contributed by atoms with Gasteiger partial charge in [-0.25, -0.2) is 0 Å². The molecule has 2 rings (SSSR count). The lowest BCUT2D eigenvalue weighted by Gasteiger charge is -2.13. The number of terminal acetylenes is 1. The van der Waals surface area contributed by atoms with Crippen molar-refractivity contribution in [1.82, 2.24) is 0 Å². The molecule has 4 heteroatoms. The number of allylic oxidation sites excluding steroid dienone is 3. The molecule has 1 aromatic rings. The lowest BCUT2D eigenvalue weighted by Crippen LogP contribution is -2.16. The second-order valence-corrected chi connectivity index (χ2v) is 4.03. The smallest absolute Gasteiger partial charge is 0.456 e. The van der Waals surface area contributed by atoms with Gasteiger partial charge in [-0.3, -0.25) is 0 Å². The van der Waals surface area contributed by atoms with Crippen LogP contribution in [-0.2, 0) is 0 Å². The van der Waals surface area contributed by atoms with Crippen molar-refractivity contribution in [2.75, 3.05) is 0 Å². The van der Waals surface area contributed by atoms with Crippen LogP contribution in [0.2, 0.25) is 0 Å². The highest BCUT2D eigenvalue weighted by Gasteiger charge is 2.30. The van der Waals surface area contributed by atoms with Gasteiger partial charge in [0.15, 0.2) is 0 Å². The predicted molar refractivity (Wildman–Crippen MR) is 73.2 cm³/mol. The van der Waals surface area contributed by atoms with Gasteiger partial charge in [0.2, 0.25) is 0 Å². The van der Waals surface area contributed by atoms with E-state index in [0.717, 1.165) is 5.57 Å². The van der Waals surface area contributed by atoms with E-state index in [0.29, 0.717) is 34.5 Å². The van der Waals surface area contributed by atoms with Crippen molar-refractivity contribution in [1.29, 1.82) is 0 Å². The SMILES string of the molecule is C#Cc1c(/C=C\C)oc2c1C(=C)CC=C2B(O)O. The van der Waals surface area contributed by atoms with E-state index in [2.05, 4.69) is 12.5 Å². The summed E-state index contributed by atoms with van der Waals surface area (Å²) in [6.07, 6.45) is 11.3. The zero-order valence-electron chi connectivity index (χ0n) is 10.1. The van der Waals surface area contributed by atoms with E-state index in [1.165, 1.54) is 0 Å². The first-order valence-electron chi connectivity index (χ1n) is 5.61. The van der Waals surface area contributed by atoms with Gasteiger partial charge in [0, 0.05) is 11.0 Å². The van der Waals surface area contributed by atoms with E-state index in [1.807, 2.05) is 13.0 Å². The van der Waals surface area contributed by atoms with Crippen molar-refractivity contribution >= 4 is 24.2 Å². The molecule has 0 radical (unpaired) electrons. The third-order valence-corrected chi connectivity index (χ3v) is 2.86. The molecular formula is C14H13BO3. The monoisotopic (exact) mass is 240 g/mol. The molecule has 0 saturated heterocycles. The molecule has 0 atom stereocenters. The molecule has 2 N–H and O–H groups in total. The summed E-state index contributed by atoms with van der Waals surface area (Å²) in [7, 11) is -1.58. The average Bonchev–Trinajstić information content (AvgIpc) is 2.68. The van der Waals surface area contributed by atoms with Crippen molar-refractivity contribution in [2.45, 2.75) is 13.3 Å². The zero-order chi connectivity index (χ0) is 13.3. The minimum absolute atomic E-state index is 0.338. The molecule has 0 fully saturated rings. The second-order valence-electron chi connectivity index (χ2n) is 4.03. The van der Waals surface area contributed by atoms with E-state index >= 15 is 0 Å². The number of furan rings is 1. The molecule has 0 unspecified atom stereocenters. The summed E-state index contributed by atoms with van der Waals surface area (Å²) in [6.45, 7) is 5.80. The van der Waals surface area contributed by atoms with Crippen LogP contribution in [0.15, 0.2) is 23.1 Å². The van der Waals surface area contributed by atoms with Crippen molar-refractivity contribution < 1.29 is 14.5 Å². The van der Waals surface area contributed by atoms with Crippen LogP contribution < -0.4 is 0 Å². The minimum Gasteiger partial charge on any atom is -0.456 e. The van der Waals surface area contributed by atoms with Crippen molar-refractivity contribution in [2.24, 2.45) is 0 Å². The lowest BCUT2D eigenvalue weighted by atomic mass is 9.72. The van der Waals surface area contributed by atoms with Crippen LogP contribution in [0.1, 0.15) is 36.0 Å². The van der Waals surface area contributed by atoms with E-state index in [-0.39, 0.29) is 0 Å². The maximum absolute atomic E-state index is 9.34. The van der Waals surface area contributed by atoms with Gasteiger partial charge in [-0.15, -0.1) is 6.42 Å². The third-order valence-electron chi connectivity index (χ3n) is 2.86. The minimum atomic E-state index is -1.58. The molecular weight excluding hydrogens is 227 g/mol. The molecule has 1 aromatic heterocycles. The van der Waals surface area contributed by atoms with E-state index in [1.54, 1.807) is 12.2 Å². The maximum atomic E-state index is 9.34. The highest BCUT2D eigenvalue weighted by Crippen LogP contribution is 2.39. The quantitative estimate of drug-likeness (QED) is 0.614. The molecule has 18 heavy (non-hydrogen) atoms. The number of hydrogen-bond acceptors (Lipinski definition) is 3. The molecule has 0 amide bonds. The van der Waals surface area contributed by atoms with Gasteiger partial charge in [0.05, 0.1) is 5.56 Å². The average molecular weight is 240 g/mol. The maximum Gasteiger partial charge on any atom is 0.491 e. The number of fused-ring (bicyclic) bond motifs is 1.